The number of nitrogens with two attached hydrogens (primary N) is 1. The van der Waals surface area contributed by atoms with Gasteiger partial charge in [-0.3, -0.25) is 7.05 Å². The molecule has 0 aromatic carbocycles. The van der Waals surface area contributed by atoms with Crippen molar-refractivity contribution in [2.75, 3.05) is 13.1 Å². The highest BCUT2D eigenvalue weighted by Gasteiger charge is 2.13. The summed E-state index contributed by atoms with van der Waals surface area (Å²) in [6.07, 6.45) is 2.51. The fourth-order valence-corrected chi connectivity index (χ4v) is 1.16. The molecule has 0 bridgehead atoms. The van der Waals surface area contributed by atoms with Crippen molar-refractivity contribution in [3.63, 3.8) is 0 Å². The van der Waals surface area contributed by atoms with Crippen LogP contribution in [0.3, 0.4) is 0 Å². The van der Waals surface area contributed by atoms with Gasteiger partial charge in [-0.2, -0.15) is 0 Å². The minimum atomic E-state index is 0.565. The van der Waals surface area contributed by atoms with E-state index in [2.05, 4.69) is 11.9 Å². The molecule has 0 spiro atoms. The van der Waals surface area contributed by atoms with Crippen molar-refractivity contribution in [3.8, 4) is 0 Å². The number of hydrogen-bond donors (Lipinski definition) is 1. The molecule has 1 atom stereocenters. The Morgan fingerprint density at radius 2 is 2.50 bits per heavy atom. The molecule has 2 nitrogen and oxygen atoms in total. The van der Waals surface area contributed by atoms with Crippen LogP contribution in [0.25, 0.3) is 0 Å². The predicted molar refractivity (Wildman–Crippen MR) is 34.1 cm³/mol. The summed E-state index contributed by atoms with van der Waals surface area (Å²) in [7, 11) is 3.84. The standard InChI is InChI=1S/C6H13N2/c1-8-4-2-3-6(8)5-7/h6H,1-5,7H2/q-1/t6-/m0/s1. The molecule has 0 aromatic rings. The molecule has 0 aromatic heterocycles. The molecule has 1 heterocycles. The summed E-state index contributed by atoms with van der Waals surface area (Å²) in [5.41, 5.74) is 5.44. The maximum Gasteiger partial charge on any atom is 0.00556 e. The van der Waals surface area contributed by atoms with Crippen molar-refractivity contribution in [3.05, 3.63) is 7.05 Å². The van der Waals surface area contributed by atoms with Crippen LogP contribution in [0.5, 0.6) is 0 Å². The molecule has 1 aliphatic rings. The zero-order chi connectivity index (χ0) is 5.98. The Morgan fingerprint density at radius 3 is 2.75 bits per heavy atom. The van der Waals surface area contributed by atoms with E-state index in [-0.39, 0.29) is 0 Å². The highest BCUT2D eigenvalue weighted by Crippen LogP contribution is 2.13. The van der Waals surface area contributed by atoms with Crippen molar-refractivity contribution in [1.29, 1.82) is 0 Å². The fourth-order valence-electron chi connectivity index (χ4n) is 1.16. The summed E-state index contributed by atoms with van der Waals surface area (Å²) < 4.78 is 0. The molecular weight excluding hydrogens is 100 g/mol. The van der Waals surface area contributed by atoms with Crippen LogP contribution in [0.2, 0.25) is 0 Å². The smallest absolute Gasteiger partial charge is 0.00556 e. The van der Waals surface area contributed by atoms with Gasteiger partial charge in [0.05, 0.1) is 0 Å². The summed E-state index contributed by atoms with van der Waals surface area (Å²) in [6.45, 7) is 1.89. The van der Waals surface area contributed by atoms with E-state index in [0.29, 0.717) is 6.04 Å². The average Bonchev–Trinajstić information content (AvgIpc) is 2.14. The lowest BCUT2D eigenvalue weighted by atomic mass is 10.2. The maximum absolute atomic E-state index is 5.44. The quantitative estimate of drug-likeness (QED) is 0.492. The SMILES string of the molecule is [CH2-]N1CCC[C@H]1CN. The fraction of sp³-hybridized carbons (Fsp3) is 0.833. The van der Waals surface area contributed by atoms with Crippen LogP contribution < -0.4 is 5.73 Å². The van der Waals surface area contributed by atoms with Crippen molar-refractivity contribution < 1.29 is 0 Å². The van der Waals surface area contributed by atoms with E-state index < -0.39 is 0 Å². The summed E-state index contributed by atoms with van der Waals surface area (Å²) in [5, 5.41) is 0. The second-order valence-electron chi connectivity index (χ2n) is 2.34. The van der Waals surface area contributed by atoms with E-state index in [1.807, 2.05) is 0 Å². The van der Waals surface area contributed by atoms with E-state index in [4.69, 9.17) is 5.73 Å². The van der Waals surface area contributed by atoms with Crippen molar-refractivity contribution >= 4 is 0 Å². The first kappa shape index (κ1) is 6.05. The monoisotopic (exact) mass is 113 g/mol. The molecule has 1 rings (SSSR count). The van der Waals surface area contributed by atoms with Gasteiger partial charge in [0.15, 0.2) is 0 Å². The minimum absolute atomic E-state index is 0.565. The Labute approximate surface area is 50.7 Å². The minimum Gasteiger partial charge on any atom is -0.456 e. The van der Waals surface area contributed by atoms with Crippen LogP contribution >= 0.6 is 0 Å². The zero-order valence-corrected chi connectivity index (χ0v) is 5.14. The average molecular weight is 113 g/mol. The molecule has 0 aliphatic carbocycles. The molecule has 0 radical (unpaired) electrons. The Hall–Kier alpha value is -0.0800. The third-order valence-corrected chi connectivity index (χ3v) is 1.77. The first-order valence-electron chi connectivity index (χ1n) is 3.12. The third-order valence-electron chi connectivity index (χ3n) is 1.77. The van der Waals surface area contributed by atoms with E-state index in [9.17, 15) is 0 Å². The molecule has 0 amide bonds. The summed E-state index contributed by atoms with van der Waals surface area (Å²) >= 11 is 0. The molecule has 8 heavy (non-hydrogen) atoms. The predicted octanol–water partition coefficient (Wildman–Crippen LogP) is 0.201. The molecule has 0 unspecified atom stereocenters. The van der Waals surface area contributed by atoms with Gasteiger partial charge in [-0.25, -0.2) is 0 Å². The summed E-state index contributed by atoms with van der Waals surface area (Å²) in [4.78, 5) is 2.08. The molecule has 1 saturated heterocycles. The second-order valence-corrected chi connectivity index (χ2v) is 2.34. The molecule has 0 saturated carbocycles. The van der Waals surface area contributed by atoms with Crippen LogP contribution in [0, 0.1) is 7.05 Å². The van der Waals surface area contributed by atoms with Gasteiger partial charge in [0.2, 0.25) is 0 Å². The highest BCUT2D eigenvalue weighted by molar-refractivity contribution is 4.78. The van der Waals surface area contributed by atoms with Gasteiger partial charge >= 0.3 is 0 Å². The summed E-state index contributed by atoms with van der Waals surface area (Å²) in [5.74, 6) is 0. The number of rotatable bonds is 1. The number of nitrogens with zero attached hydrogens (tertiary/aromatic N) is 1. The Bertz CT molecular complexity index is 72.9. The number of likely N-dealkylation sites (tertiary alicyclic amines) is 1. The van der Waals surface area contributed by atoms with Crippen molar-refractivity contribution in [1.82, 2.24) is 4.90 Å². The van der Waals surface area contributed by atoms with Gasteiger partial charge in [-0.15, -0.1) is 0 Å². The normalized spacial score (nSPS) is 31.5. The first-order valence-corrected chi connectivity index (χ1v) is 3.12. The Morgan fingerprint density at radius 1 is 1.75 bits per heavy atom. The Kier molecular flexibility index (Phi) is 1.86. The lowest BCUT2D eigenvalue weighted by Crippen LogP contribution is -2.30. The maximum atomic E-state index is 5.44. The molecule has 1 fully saturated rings. The van der Waals surface area contributed by atoms with Crippen molar-refractivity contribution in [2.45, 2.75) is 18.9 Å². The van der Waals surface area contributed by atoms with Gasteiger partial charge in [0.25, 0.3) is 0 Å². The van der Waals surface area contributed by atoms with E-state index in [0.717, 1.165) is 13.1 Å². The van der Waals surface area contributed by atoms with E-state index in [1.54, 1.807) is 0 Å². The largest absolute Gasteiger partial charge is 0.456 e. The van der Waals surface area contributed by atoms with E-state index in [1.165, 1.54) is 12.8 Å². The van der Waals surface area contributed by atoms with E-state index >= 15 is 0 Å². The molecule has 2 heteroatoms. The second kappa shape index (κ2) is 2.46. The van der Waals surface area contributed by atoms with Crippen LogP contribution in [0.4, 0.5) is 0 Å². The van der Waals surface area contributed by atoms with Gasteiger partial charge < -0.3 is 10.6 Å². The molecular formula is C6H13N2-. The first-order chi connectivity index (χ1) is 3.84. The van der Waals surface area contributed by atoms with Gasteiger partial charge in [-0.1, -0.05) is 0 Å². The molecule has 48 valence electrons. The molecule has 2 N–H and O–H groups in total. The third kappa shape index (κ3) is 1.01. The van der Waals surface area contributed by atoms with Crippen molar-refractivity contribution in [2.24, 2.45) is 5.73 Å². The summed E-state index contributed by atoms with van der Waals surface area (Å²) in [6, 6.07) is 0.565. The van der Waals surface area contributed by atoms with Gasteiger partial charge in [0.1, 0.15) is 0 Å². The van der Waals surface area contributed by atoms with Gasteiger partial charge in [-0.05, 0) is 25.4 Å². The lowest BCUT2D eigenvalue weighted by molar-refractivity contribution is 0.351. The van der Waals surface area contributed by atoms with Crippen LogP contribution in [-0.2, 0) is 0 Å². The lowest BCUT2D eigenvalue weighted by Gasteiger charge is -2.25. The topological polar surface area (TPSA) is 29.3 Å². The van der Waals surface area contributed by atoms with Crippen LogP contribution in [0.1, 0.15) is 12.8 Å². The number of hydrogen-bond acceptors (Lipinski definition) is 2. The van der Waals surface area contributed by atoms with Crippen LogP contribution in [0.15, 0.2) is 0 Å². The Balaban J connectivity index is 2.30. The molecule has 1 aliphatic heterocycles. The zero-order valence-electron chi connectivity index (χ0n) is 5.14. The van der Waals surface area contributed by atoms with Crippen LogP contribution in [-0.4, -0.2) is 24.0 Å². The van der Waals surface area contributed by atoms with Gasteiger partial charge in [0, 0.05) is 6.54 Å². The highest BCUT2D eigenvalue weighted by atomic mass is 15.2.